The smallest absolute Gasteiger partial charge is 0.342 e. The minimum Gasteiger partial charge on any atom is -0.459 e. The lowest BCUT2D eigenvalue weighted by atomic mass is 9.85. The van der Waals surface area contributed by atoms with E-state index in [1.807, 2.05) is 19.9 Å². The summed E-state index contributed by atoms with van der Waals surface area (Å²) in [5.74, 6) is -2.65. The summed E-state index contributed by atoms with van der Waals surface area (Å²) in [7, 11) is 0. The summed E-state index contributed by atoms with van der Waals surface area (Å²) < 4.78 is 16.1. The lowest BCUT2D eigenvalue weighted by molar-refractivity contribution is -0.188. The number of allylic oxidation sites excluding steroid dienone is 2. The molecule has 0 radical (unpaired) electrons. The Balaban J connectivity index is 2.34. The number of esters is 3. The SMILES string of the molecule is C=C1C(=O)OC2/C=C(/C)CC/C=C(/C)CC(OC(=O)C(C)(O)C(C)OC(C)=O)C12. The standard InChI is InChI=1S/C22H30O7/c1-12-8-7-9-13(2)11-18(19-14(3)20(24)28-17(19)10-12)29-21(25)22(6,26)15(4)27-16(5)23/h9-10,15,17-19,26H,3,7-8,11H2,1-2,4-6H3/b12-10-,13-9-. The molecule has 5 unspecified atom stereocenters. The van der Waals surface area contributed by atoms with Gasteiger partial charge in [-0.3, -0.25) is 4.79 Å². The second-order valence-electron chi connectivity index (χ2n) is 8.07. The molecule has 5 atom stereocenters. The third kappa shape index (κ3) is 5.35. The van der Waals surface area contributed by atoms with Crippen LogP contribution in [0.4, 0.5) is 0 Å². The highest BCUT2D eigenvalue weighted by atomic mass is 16.6. The van der Waals surface area contributed by atoms with Crippen molar-refractivity contribution in [1.82, 2.24) is 0 Å². The van der Waals surface area contributed by atoms with E-state index in [2.05, 4.69) is 12.7 Å². The average Bonchev–Trinajstić information content (AvgIpc) is 2.86. The molecule has 160 valence electrons. The Morgan fingerprint density at radius 2 is 2.00 bits per heavy atom. The minimum atomic E-state index is -2.05. The third-order valence-electron chi connectivity index (χ3n) is 5.47. The Morgan fingerprint density at radius 1 is 1.34 bits per heavy atom. The van der Waals surface area contributed by atoms with Crippen LogP contribution < -0.4 is 0 Å². The van der Waals surface area contributed by atoms with E-state index in [1.165, 1.54) is 20.8 Å². The number of rotatable bonds is 4. The number of ether oxygens (including phenoxy) is 3. The molecule has 0 bridgehead atoms. The average molecular weight is 406 g/mol. The molecule has 7 heteroatoms. The largest absolute Gasteiger partial charge is 0.459 e. The number of hydrogen-bond acceptors (Lipinski definition) is 7. The van der Waals surface area contributed by atoms with Gasteiger partial charge in [-0.05, 0) is 46.6 Å². The Labute approximate surface area is 171 Å². The summed E-state index contributed by atoms with van der Waals surface area (Å²) in [5, 5.41) is 10.6. The van der Waals surface area contributed by atoms with Crippen molar-refractivity contribution >= 4 is 17.9 Å². The Bertz CT molecular complexity index is 759. The molecule has 29 heavy (non-hydrogen) atoms. The topological polar surface area (TPSA) is 99.1 Å². The van der Waals surface area contributed by atoms with Gasteiger partial charge in [-0.25, -0.2) is 9.59 Å². The summed E-state index contributed by atoms with van der Waals surface area (Å²) in [5.41, 5.74) is 0.243. The maximum atomic E-state index is 12.8. The van der Waals surface area contributed by atoms with Crippen LogP contribution in [0, 0.1) is 5.92 Å². The summed E-state index contributed by atoms with van der Waals surface area (Å²) in [6, 6.07) is 0. The minimum absolute atomic E-state index is 0.234. The van der Waals surface area contributed by atoms with E-state index in [0.717, 1.165) is 24.0 Å². The summed E-state index contributed by atoms with van der Waals surface area (Å²) in [6.45, 7) is 11.6. The van der Waals surface area contributed by atoms with E-state index in [9.17, 15) is 19.5 Å². The molecule has 1 N–H and O–H groups in total. The first-order valence-corrected chi connectivity index (χ1v) is 9.76. The highest BCUT2D eigenvalue weighted by Gasteiger charge is 2.47. The maximum Gasteiger partial charge on any atom is 0.342 e. The highest BCUT2D eigenvalue weighted by Crippen LogP contribution is 2.36. The van der Waals surface area contributed by atoms with Gasteiger partial charge in [0.2, 0.25) is 0 Å². The van der Waals surface area contributed by atoms with Gasteiger partial charge in [-0.1, -0.05) is 23.8 Å². The fourth-order valence-corrected chi connectivity index (χ4v) is 3.52. The molecule has 1 aliphatic heterocycles. The zero-order chi connectivity index (χ0) is 21.9. The summed E-state index contributed by atoms with van der Waals surface area (Å²) >= 11 is 0. The molecular weight excluding hydrogens is 376 g/mol. The second-order valence-corrected chi connectivity index (χ2v) is 8.07. The number of carbonyl (C=O) groups excluding carboxylic acids is 3. The third-order valence-corrected chi connectivity index (χ3v) is 5.47. The summed E-state index contributed by atoms with van der Waals surface area (Å²) in [6.07, 6.45) is 3.51. The van der Waals surface area contributed by atoms with Crippen LogP contribution in [0.25, 0.3) is 0 Å². The van der Waals surface area contributed by atoms with Crippen LogP contribution in [0.3, 0.4) is 0 Å². The monoisotopic (exact) mass is 406 g/mol. The number of hydrogen-bond donors (Lipinski definition) is 1. The van der Waals surface area contributed by atoms with Gasteiger partial charge in [0.25, 0.3) is 0 Å². The molecule has 0 spiro atoms. The Kier molecular flexibility index (Phi) is 7.06. The Hall–Kier alpha value is -2.41. The lowest BCUT2D eigenvalue weighted by Crippen LogP contribution is -2.50. The number of aliphatic hydroxyl groups is 1. The molecule has 1 saturated heterocycles. The quantitative estimate of drug-likeness (QED) is 0.332. The lowest BCUT2D eigenvalue weighted by Gasteiger charge is -2.32. The molecule has 7 nitrogen and oxygen atoms in total. The van der Waals surface area contributed by atoms with Gasteiger partial charge in [-0.15, -0.1) is 0 Å². The van der Waals surface area contributed by atoms with Gasteiger partial charge in [0.1, 0.15) is 18.3 Å². The molecule has 1 heterocycles. The van der Waals surface area contributed by atoms with E-state index in [-0.39, 0.29) is 5.57 Å². The zero-order valence-corrected chi connectivity index (χ0v) is 17.7. The Morgan fingerprint density at radius 3 is 2.62 bits per heavy atom. The van der Waals surface area contributed by atoms with Gasteiger partial charge >= 0.3 is 17.9 Å². The van der Waals surface area contributed by atoms with Crippen molar-refractivity contribution in [2.24, 2.45) is 5.92 Å². The van der Waals surface area contributed by atoms with Crippen LogP contribution >= 0.6 is 0 Å². The van der Waals surface area contributed by atoms with Gasteiger partial charge in [-0.2, -0.15) is 0 Å². The van der Waals surface area contributed by atoms with E-state index < -0.39 is 47.7 Å². The van der Waals surface area contributed by atoms with Crippen molar-refractivity contribution in [2.75, 3.05) is 0 Å². The molecule has 1 aliphatic carbocycles. The van der Waals surface area contributed by atoms with Crippen molar-refractivity contribution in [3.8, 4) is 0 Å². The van der Waals surface area contributed by atoms with E-state index in [1.54, 1.807) is 0 Å². The first-order valence-electron chi connectivity index (χ1n) is 9.76. The highest BCUT2D eigenvalue weighted by molar-refractivity contribution is 5.91. The van der Waals surface area contributed by atoms with Gasteiger partial charge in [0.05, 0.1) is 5.92 Å². The van der Waals surface area contributed by atoms with Crippen molar-refractivity contribution in [3.63, 3.8) is 0 Å². The predicted molar refractivity (Wildman–Crippen MR) is 106 cm³/mol. The molecular formula is C22H30O7. The maximum absolute atomic E-state index is 12.8. The van der Waals surface area contributed by atoms with Gasteiger partial charge in [0, 0.05) is 18.9 Å². The van der Waals surface area contributed by atoms with Crippen LogP contribution in [0.15, 0.2) is 35.5 Å². The zero-order valence-electron chi connectivity index (χ0n) is 17.7. The fourth-order valence-electron chi connectivity index (χ4n) is 3.52. The van der Waals surface area contributed by atoms with Crippen molar-refractivity contribution in [1.29, 1.82) is 0 Å². The predicted octanol–water partition coefficient (Wildman–Crippen LogP) is 2.78. The van der Waals surface area contributed by atoms with E-state index >= 15 is 0 Å². The van der Waals surface area contributed by atoms with Crippen LogP contribution in [0.1, 0.15) is 53.9 Å². The summed E-state index contributed by atoms with van der Waals surface area (Å²) in [4.78, 5) is 36.2. The number of carbonyl (C=O) groups is 3. The van der Waals surface area contributed by atoms with Gasteiger partial charge in [0.15, 0.2) is 5.60 Å². The molecule has 2 aliphatic rings. The molecule has 0 amide bonds. The van der Waals surface area contributed by atoms with Crippen molar-refractivity contribution in [3.05, 3.63) is 35.5 Å². The van der Waals surface area contributed by atoms with Crippen LogP contribution in [0.2, 0.25) is 0 Å². The van der Waals surface area contributed by atoms with Crippen molar-refractivity contribution in [2.45, 2.75) is 77.8 Å². The van der Waals surface area contributed by atoms with Gasteiger partial charge < -0.3 is 19.3 Å². The first-order chi connectivity index (χ1) is 13.4. The molecule has 0 aromatic carbocycles. The van der Waals surface area contributed by atoms with E-state index in [4.69, 9.17) is 14.2 Å². The van der Waals surface area contributed by atoms with Crippen LogP contribution in [0.5, 0.6) is 0 Å². The number of fused-ring (bicyclic) bond motifs is 1. The van der Waals surface area contributed by atoms with Crippen molar-refractivity contribution < 1.29 is 33.7 Å². The van der Waals surface area contributed by atoms with Crippen LogP contribution in [-0.4, -0.2) is 46.9 Å². The first kappa shape index (κ1) is 22.9. The normalized spacial score (nSPS) is 31.7. The second kappa shape index (κ2) is 8.95. The molecule has 0 saturated carbocycles. The molecule has 0 aromatic rings. The fraction of sp³-hybridized carbons (Fsp3) is 0.591. The molecule has 1 fully saturated rings. The molecule has 0 aromatic heterocycles. The van der Waals surface area contributed by atoms with E-state index in [0.29, 0.717) is 6.42 Å². The van der Waals surface area contributed by atoms with Crippen LogP contribution in [-0.2, 0) is 28.6 Å². The molecule has 2 rings (SSSR count).